The molecule has 0 bridgehead atoms. The van der Waals surface area contributed by atoms with E-state index in [1.165, 1.54) is 18.1 Å². The minimum Gasteiger partial charge on any atom is -0.497 e. The maximum atomic E-state index is 14.8. The molecule has 0 saturated heterocycles. The van der Waals surface area contributed by atoms with Crippen LogP contribution < -0.4 is 15.0 Å². The molecule has 1 unspecified atom stereocenters. The second-order valence-corrected chi connectivity index (χ2v) is 9.44. The zero-order valence-corrected chi connectivity index (χ0v) is 20.0. The van der Waals surface area contributed by atoms with Gasteiger partial charge in [-0.1, -0.05) is 32.9 Å². The lowest BCUT2D eigenvalue weighted by atomic mass is 9.85. The summed E-state index contributed by atoms with van der Waals surface area (Å²) in [6, 6.07) is 9.74. The zero-order valence-electron chi connectivity index (χ0n) is 20.0. The number of H-pyrrole nitrogens is 1. The summed E-state index contributed by atoms with van der Waals surface area (Å²) in [5.74, 6) is -0.641. The van der Waals surface area contributed by atoms with Crippen LogP contribution >= 0.6 is 0 Å². The number of amides is 1. The van der Waals surface area contributed by atoms with Gasteiger partial charge >= 0.3 is 0 Å². The summed E-state index contributed by atoms with van der Waals surface area (Å²) in [4.78, 5) is 39.8. The molecule has 9 heteroatoms. The van der Waals surface area contributed by atoms with Gasteiger partial charge in [0.1, 0.15) is 30.0 Å². The number of aromatic nitrogens is 1. The number of halogens is 1. The van der Waals surface area contributed by atoms with Gasteiger partial charge in [-0.05, 0) is 34.7 Å². The molecule has 3 aromatic rings. The fraction of sp³-hybridized carbons (Fsp3) is 0.346. The lowest BCUT2D eigenvalue weighted by molar-refractivity contribution is -0.123. The number of aromatic amines is 1. The van der Waals surface area contributed by atoms with Gasteiger partial charge in [-0.25, -0.2) is 4.39 Å². The van der Waals surface area contributed by atoms with E-state index < -0.39 is 17.5 Å². The zero-order chi connectivity index (χ0) is 25.3. The number of ether oxygens (including phenoxy) is 2. The normalized spacial score (nSPS) is 15.7. The molecule has 2 heterocycles. The molecule has 0 aliphatic carbocycles. The molecule has 0 saturated carbocycles. The largest absolute Gasteiger partial charge is 0.497 e. The van der Waals surface area contributed by atoms with Crippen LogP contribution in [0.2, 0.25) is 0 Å². The van der Waals surface area contributed by atoms with E-state index in [9.17, 15) is 18.8 Å². The van der Waals surface area contributed by atoms with E-state index in [4.69, 9.17) is 14.0 Å². The summed E-state index contributed by atoms with van der Waals surface area (Å²) < 4.78 is 30.9. The fourth-order valence-electron chi connectivity index (χ4n) is 4.21. The highest BCUT2D eigenvalue weighted by molar-refractivity contribution is 5.97. The summed E-state index contributed by atoms with van der Waals surface area (Å²) in [6.07, 6.45) is -0.113. The van der Waals surface area contributed by atoms with Gasteiger partial charge in [0.25, 0.3) is 11.5 Å². The Morgan fingerprint density at radius 1 is 1.17 bits per heavy atom. The summed E-state index contributed by atoms with van der Waals surface area (Å²) in [7, 11) is 1.51. The van der Waals surface area contributed by atoms with Crippen LogP contribution in [0, 0.1) is 5.82 Å². The highest BCUT2D eigenvalue weighted by Crippen LogP contribution is 2.37. The van der Waals surface area contributed by atoms with Crippen LogP contribution in [0.4, 0.5) is 4.39 Å². The average molecular weight is 483 g/mol. The van der Waals surface area contributed by atoms with Crippen LogP contribution in [0.25, 0.3) is 0 Å². The third kappa shape index (κ3) is 4.99. The Morgan fingerprint density at radius 2 is 1.94 bits per heavy atom. The Hall–Kier alpha value is -3.88. The first-order valence-electron chi connectivity index (χ1n) is 11.2. The van der Waals surface area contributed by atoms with Crippen LogP contribution in [-0.4, -0.2) is 42.0 Å². The lowest BCUT2D eigenvalue weighted by Gasteiger charge is -2.28. The predicted molar refractivity (Wildman–Crippen MR) is 125 cm³/mol. The van der Waals surface area contributed by atoms with Gasteiger partial charge < -0.3 is 18.9 Å². The van der Waals surface area contributed by atoms with E-state index >= 15 is 0 Å². The van der Waals surface area contributed by atoms with Crippen LogP contribution in [0.15, 0.2) is 51.8 Å². The molecular weight excluding hydrogens is 455 g/mol. The van der Waals surface area contributed by atoms with Crippen molar-refractivity contribution in [2.24, 2.45) is 0 Å². The van der Waals surface area contributed by atoms with Crippen molar-refractivity contribution in [1.82, 2.24) is 10.1 Å². The minimum absolute atomic E-state index is 0.0679. The van der Waals surface area contributed by atoms with Gasteiger partial charge in [0.15, 0.2) is 5.78 Å². The van der Waals surface area contributed by atoms with Gasteiger partial charge in [0, 0.05) is 18.1 Å². The average Bonchev–Trinajstić information content (AvgIpc) is 3.14. The van der Waals surface area contributed by atoms with Gasteiger partial charge in [-0.15, -0.1) is 0 Å². The first-order valence-corrected chi connectivity index (χ1v) is 11.2. The van der Waals surface area contributed by atoms with Crippen molar-refractivity contribution in [3.63, 3.8) is 0 Å². The topological polar surface area (TPSA) is 102 Å². The monoisotopic (exact) mass is 482 g/mol. The number of nitrogens with zero attached hydrogens (tertiary/aromatic N) is 1. The van der Waals surface area contributed by atoms with Crippen molar-refractivity contribution >= 4 is 11.7 Å². The summed E-state index contributed by atoms with van der Waals surface area (Å²) >= 11 is 0. The number of carbonyl (C=O) groups excluding carboxylic acids is 2. The third-order valence-electron chi connectivity index (χ3n) is 5.94. The first-order chi connectivity index (χ1) is 16.6. The number of rotatable bonds is 5. The number of fused-ring (bicyclic) bond motifs is 1. The number of methoxy groups -OCH3 is 1. The molecule has 1 N–H and O–H groups in total. The molecular formula is C26H27FN2O6. The van der Waals surface area contributed by atoms with Crippen LogP contribution in [0.3, 0.4) is 0 Å². The van der Waals surface area contributed by atoms with Gasteiger partial charge in [-0.2, -0.15) is 5.16 Å². The SMILES string of the molecule is COc1ccc2c(c1)OCCN(C(=O)c1cc(=O)[nH]o1)C2C(=O)Cc1ccc(C(C)(C)C)c(F)c1. The molecule has 0 spiro atoms. The Labute approximate surface area is 201 Å². The molecule has 0 radical (unpaired) electrons. The van der Waals surface area contributed by atoms with Crippen LogP contribution in [-0.2, 0) is 16.6 Å². The molecule has 184 valence electrons. The van der Waals surface area contributed by atoms with E-state index in [0.29, 0.717) is 28.2 Å². The molecule has 1 aliphatic rings. The van der Waals surface area contributed by atoms with Gasteiger partial charge in [0.05, 0.1) is 19.7 Å². The van der Waals surface area contributed by atoms with Gasteiger partial charge in [0.2, 0.25) is 5.76 Å². The van der Waals surface area contributed by atoms with Crippen molar-refractivity contribution in [1.29, 1.82) is 0 Å². The quantitative estimate of drug-likeness (QED) is 0.594. The fourth-order valence-corrected chi connectivity index (χ4v) is 4.21. The maximum Gasteiger partial charge on any atom is 0.293 e. The van der Waals surface area contributed by atoms with E-state index in [1.807, 2.05) is 20.8 Å². The summed E-state index contributed by atoms with van der Waals surface area (Å²) in [5, 5.41) is 2.09. The smallest absolute Gasteiger partial charge is 0.293 e. The second-order valence-electron chi connectivity index (χ2n) is 9.44. The highest BCUT2D eigenvalue weighted by Gasteiger charge is 2.37. The van der Waals surface area contributed by atoms with E-state index in [2.05, 4.69) is 5.16 Å². The number of benzene rings is 2. The summed E-state index contributed by atoms with van der Waals surface area (Å²) in [5.41, 5.74) is 0.551. The standard InChI is InChI=1S/C26H27FN2O6/c1-26(2,3)18-8-5-15(11-19(18)27)12-20(30)24-17-7-6-16(33-4)13-21(17)34-10-9-29(24)25(32)22-14-23(31)28-35-22/h5-8,11,13-14,24H,9-10,12H2,1-4H3,(H,28,31). The lowest BCUT2D eigenvalue weighted by Crippen LogP contribution is -2.40. The van der Waals surface area contributed by atoms with Crippen molar-refractivity contribution in [3.8, 4) is 11.5 Å². The third-order valence-corrected chi connectivity index (χ3v) is 5.94. The number of Topliss-reactive ketones (excluding diaryl/α,β-unsaturated/α-hetero) is 1. The number of nitrogens with one attached hydrogen (secondary N) is 1. The maximum absolute atomic E-state index is 14.8. The Kier molecular flexibility index (Phi) is 6.51. The second kappa shape index (κ2) is 9.40. The van der Waals surface area contributed by atoms with Crippen molar-refractivity contribution < 1.29 is 28.0 Å². The van der Waals surface area contributed by atoms with E-state index in [0.717, 1.165) is 6.07 Å². The Bertz CT molecular complexity index is 1320. The Morgan fingerprint density at radius 3 is 2.57 bits per heavy atom. The minimum atomic E-state index is -1.04. The van der Waals surface area contributed by atoms with Crippen LogP contribution in [0.5, 0.6) is 11.5 Å². The van der Waals surface area contributed by atoms with E-state index in [1.54, 1.807) is 30.3 Å². The number of carbonyl (C=O) groups is 2. The van der Waals surface area contributed by atoms with Crippen molar-refractivity contribution in [3.05, 3.63) is 81.1 Å². The van der Waals surface area contributed by atoms with Crippen molar-refractivity contribution in [2.75, 3.05) is 20.3 Å². The van der Waals surface area contributed by atoms with Crippen molar-refractivity contribution in [2.45, 2.75) is 38.6 Å². The number of hydrogen-bond donors (Lipinski definition) is 1. The first kappa shape index (κ1) is 24.3. The molecule has 2 aromatic carbocycles. The molecule has 4 rings (SSSR count). The number of ketones is 1. The van der Waals surface area contributed by atoms with Crippen LogP contribution in [0.1, 0.15) is 54.1 Å². The molecule has 1 aliphatic heterocycles. The van der Waals surface area contributed by atoms with Gasteiger partial charge in [-0.3, -0.25) is 14.4 Å². The highest BCUT2D eigenvalue weighted by atomic mass is 19.1. The Balaban J connectivity index is 1.73. The predicted octanol–water partition coefficient (Wildman–Crippen LogP) is 3.80. The molecule has 35 heavy (non-hydrogen) atoms. The molecule has 0 fully saturated rings. The molecule has 1 aromatic heterocycles. The molecule has 1 atom stereocenters. The molecule has 1 amide bonds. The summed E-state index contributed by atoms with van der Waals surface area (Å²) in [6.45, 7) is 5.92. The molecule has 8 nitrogen and oxygen atoms in total. The van der Waals surface area contributed by atoms with E-state index in [-0.39, 0.29) is 42.3 Å². The number of hydrogen-bond acceptors (Lipinski definition) is 6.